The molecule has 0 aromatic heterocycles. The maximum atomic E-state index is 12.6. The molecule has 232 valence electrons. The van der Waals surface area contributed by atoms with Crippen molar-refractivity contribution < 1.29 is 44.3 Å². The van der Waals surface area contributed by atoms with Crippen molar-refractivity contribution in [3.63, 3.8) is 0 Å². The lowest BCUT2D eigenvalue weighted by molar-refractivity contribution is -0.763. The summed E-state index contributed by atoms with van der Waals surface area (Å²) in [5.41, 5.74) is 2.11. The molecular weight excluding hydrogens is 546 g/mol. The van der Waals surface area contributed by atoms with E-state index in [0.29, 0.717) is 36.8 Å². The van der Waals surface area contributed by atoms with Crippen LogP contribution in [-0.4, -0.2) is 56.8 Å². The third kappa shape index (κ3) is 9.92. The second kappa shape index (κ2) is 15.8. The Kier molecular flexibility index (Phi) is 12.5. The summed E-state index contributed by atoms with van der Waals surface area (Å²) in [6, 6.07) is 6.65. The number of rotatable bonds is 15. The number of hydrogen-bond donors (Lipinski definition) is 3. The Morgan fingerprint density at radius 3 is 2.57 bits per heavy atom. The number of esters is 2. The van der Waals surface area contributed by atoms with E-state index >= 15 is 0 Å². The van der Waals surface area contributed by atoms with Gasteiger partial charge in [-0.05, 0) is 54.2 Å². The van der Waals surface area contributed by atoms with Gasteiger partial charge in [-0.25, -0.2) is 0 Å². The third-order valence-electron chi connectivity index (χ3n) is 8.16. The molecule has 42 heavy (non-hydrogen) atoms. The van der Waals surface area contributed by atoms with E-state index in [0.717, 1.165) is 5.57 Å². The highest BCUT2D eigenvalue weighted by Gasteiger charge is 2.42. The average Bonchev–Trinajstić information content (AvgIpc) is 2.94. The molecule has 0 radical (unpaired) electrons. The first kappa shape index (κ1) is 33.2. The van der Waals surface area contributed by atoms with Gasteiger partial charge in [0.2, 0.25) is 0 Å². The molecule has 8 atom stereocenters. The zero-order valence-electron chi connectivity index (χ0n) is 24.5. The number of benzene rings is 1. The smallest absolute Gasteiger partial charge is 0.308 e. The van der Waals surface area contributed by atoms with Gasteiger partial charge in [0.25, 0.3) is 5.09 Å². The van der Waals surface area contributed by atoms with Gasteiger partial charge in [-0.1, -0.05) is 63.3 Å². The second-order valence-corrected chi connectivity index (χ2v) is 11.5. The fraction of sp³-hybridized carbons (Fsp3) is 0.613. The van der Waals surface area contributed by atoms with E-state index in [-0.39, 0.29) is 55.7 Å². The van der Waals surface area contributed by atoms with Crippen LogP contribution in [0.15, 0.2) is 48.1 Å². The maximum Gasteiger partial charge on any atom is 0.308 e. The predicted octanol–water partition coefficient (Wildman–Crippen LogP) is 3.81. The number of fused-ring (bicyclic) bond motifs is 1. The Morgan fingerprint density at radius 1 is 1.17 bits per heavy atom. The Balaban J connectivity index is 1.49. The van der Waals surface area contributed by atoms with Gasteiger partial charge in [0.15, 0.2) is 0 Å². The summed E-state index contributed by atoms with van der Waals surface area (Å²) in [5.74, 6) is -1.02. The molecule has 0 amide bonds. The molecule has 0 unspecified atom stereocenters. The first-order valence-electron chi connectivity index (χ1n) is 14.6. The van der Waals surface area contributed by atoms with Gasteiger partial charge >= 0.3 is 11.9 Å². The Labute approximate surface area is 246 Å². The van der Waals surface area contributed by atoms with Crippen LogP contribution in [0.25, 0.3) is 0 Å². The summed E-state index contributed by atoms with van der Waals surface area (Å²) >= 11 is 0. The number of aliphatic hydroxyl groups excluding tert-OH is 3. The molecule has 0 heterocycles. The highest BCUT2D eigenvalue weighted by atomic mass is 16.9. The first-order valence-corrected chi connectivity index (χ1v) is 14.6. The summed E-state index contributed by atoms with van der Waals surface area (Å²) in [4.78, 5) is 39.6. The molecule has 0 fully saturated rings. The highest BCUT2D eigenvalue weighted by molar-refractivity contribution is 5.72. The quantitative estimate of drug-likeness (QED) is 0.156. The number of hydrogen-bond acceptors (Lipinski definition) is 10. The minimum absolute atomic E-state index is 0.00173. The van der Waals surface area contributed by atoms with E-state index in [1.54, 1.807) is 24.3 Å². The lowest BCUT2D eigenvalue weighted by atomic mass is 9.66. The van der Waals surface area contributed by atoms with Gasteiger partial charge in [0.05, 0.1) is 30.7 Å². The molecule has 3 N–H and O–H groups in total. The normalized spacial score (nSPS) is 25.4. The van der Waals surface area contributed by atoms with Gasteiger partial charge in [-0.2, -0.15) is 0 Å². The van der Waals surface area contributed by atoms with Crippen LogP contribution >= 0.6 is 0 Å². The van der Waals surface area contributed by atoms with E-state index in [9.17, 15) is 35.0 Å². The molecule has 2 aliphatic carbocycles. The molecule has 0 saturated heterocycles. The number of aliphatic hydroxyl groups is 3. The molecule has 0 bridgehead atoms. The van der Waals surface area contributed by atoms with Crippen LogP contribution in [0.2, 0.25) is 0 Å². The molecule has 3 rings (SSSR count). The standard InChI is InChI=1S/C31H43NO10/c1-4-19(2)31(37)42-28-15-25(34)13-23-9-8-20(3)27(30(23)28)11-10-24(33)14-26(35)16-29(36)40-17-21-6-5-7-22(12-21)18-41-32(38)39/h5-9,12-13,19-20,24-28,30,33-35H,4,10-11,14-18H2,1-3H3/t19-,20-,24+,25+,26+,27-,28-,30-/m0/s1. The van der Waals surface area contributed by atoms with Gasteiger partial charge in [0, 0.05) is 12.3 Å². The van der Waals surface area contributed by atoms with Crippen molar-refractivity contribution in [2.75, 3.05) is 0 Å². The molecule has 11 heteroatoms. The van der Waals surface area contributed by atoms with Crippen molar-refractivity contribution >= 4 is 11.9 Å². The largest absolute Gasteiger partial charge is 0.461 e. The van der Waals surface area contributed by atoms with E-state index < -0.39 is 35.5 Å². The summed E-state index contributed by atoms with van der Waals surface area (Å²) in [7, 11) is 0. The number of carbonyl (C=O) groups excluding carboxylic acids is 2. The van der Waals surface area contributed by atoms with Crippen molar-refractivity contribution in [2.24, 2.45) is 23.7 Å². The molecule has 0 saturated carbocycles. The number of carbonyl (C=O) groups is 2. The Morgan fingerprint density at radius 2 is 1.88 bits per heavy atom. The summed E-state index contributed by atoms with van der Waals surface area (Å²) in [5, 5.41) is 41.0. The van der Waals surface area contributed by atoms with Gasteiger partial charge in [0.1, 0.15) is 19.3 Å². The van der Waals surface area contributed by atoms with Crippen LogP contribution in [0.4, 0.5) is 0 Å². The topological polar surface area (TPSA) is 166 Å². The predicted molar refractivity (Wildman–Crippen MR) is 152 cm³/mol. The van der Waals surface area contributed by atoms with Crippen LogP contribution in [0.1, 0.15) is 70.4 Å². The summed E-state index contributed by atoms with van der Waals surface area (Å²) in [6.45, 7) is 5.55. The fourth-order valence-electron chi connectivity index (χ4n) is 5.67. The average molecular weight is 590 g/mol. The van der Waals surface area contributed by atoms with Gasteiger partial charge in [-0.15, -0.1) is 10.1 Å². The molecule has 1 aromatic rings. The van der Waals surface area contributed by atoms with E-state index in [1.165, 1.54) is 0 Å². The van der Waals surface area contributed by atoms with Crippen molar-refractivity contribution in [3.8, 4) is 0 Å². The van der Waals surface area contributed by atoms with E-state index in [2.05, 4.69) is 17.8 Å². The summed E-state index contributed by atoms with van der Waals surface area (Å²) in [6.07, 6.45) is 4.45. The number of allylic oxidation sites excluding steroid dienone is 2. The molecule has 2 aliphatic rings. The van der Waals surface area contributed by atoms with Gasteiger partial charge in [-0.3, -0.25) is 9.59 Å². The molecule has 0 spiro atoms. The van der Waals surface area contributed by atoms with E-state index in [4.69, 9.17) is 9.47 Å². The lowest BCUT2D eigenvalue weighted by Gasteiger charge is -2.43. The maximum absolute atomic E-state index is 12.6. The minimum Gasteiger partial charge on any atom is -0.461 e. The van der Waals surface area contributed by atoms with E-state index in [1.807, 2.05) is 26.0 Å². The van der Waals surface area contributed by atoms with Crippen LogP contribution in [0.3, 0.4) is 0 Å². The molecule has 1 aromatic carbocycles. The zero-order valence-corrected chi connectivity index (χ0v) is 24.5. The first-order chi connectivity index (χ1) is 20.0. The van der Waals surface area contributed by atoms with Crippen molar-refractivity contribution in [3.05, 3.63) is 69.3 Å². The Hall–Kier alpha value is -3.28. The minimum atomic E-state index is -1.10. The fourth-order valence-corrected chi connectivity index (χ4v) is 5.67. The molecule has 0 aliphatic heterocycles. The zero-order chi connectivity index (χ0) is 30.8. The molecule has 11 nitrogen and oxygen atoms in total. The highest BCUT2D eigenvalue weighted by Crippen LogP contribution is 2.44. The van der Waals surface area contributed by atoms with Crippen molar-refractivity contribution in [2.45, 2.75) is 96.9 Å². The molecular formula is C31H43NO10. The van der Waals surface area contributed by atoms with Crippen molar-refractivity contribution in [1.82, 2.24) is 0 Å². The summed E-state index contributed by atoms with van der Waals surface area (Å²) < 4.78 is 11.1. The lowest BCUT2D eigenvalue weighted by Crippen LogP contribution is -2.43. The van der Waals surface area contributed by atoms with Crippen molar-refractivity contribution in [1.29, 1.82) is 0 Å². The number of nitrogens with zero attached hydrogens (tertiary/aromatic N) is 1. The SMILES string of the molecule is CC[C@H](C)C(=O)O[C@H]1C[C@H](O)C=C2C=C[C@H](C)[C@H](CC[C@@H](O)C[C@@H](O)CC(=O)OCc3cccc(CO[N+](=O)[O-])c3)[C@H]21. The van der Waals surface area contributed by atoms with Crippen LogP contribution in [-0.2, 0) is 37.1 Å². The van der Waals surface area contributed by atoms with Crippen LogP contribution in [0.5, 0.6) is 0 Å². The van der Waals surface area contributed by atoms with Gasteiger partial charge < -0.3 is 29.6 Å². The monoisotopic (exact) mass is 589 g/mol. The Bertz CT molecular complexity index is 1130. The third-order valence-corrected chi connectivity index (χ3v) is 8.16. The second-order valence-electron chi connectivity index (χ2n) is 11.5. The van der Waals surface area contributed by atoms with Crippen LogP contribution in [0, 0.1) is 33.8 Å². The van der Waals surface area contributed by atoms with Crippen LogP contribution < -0.4 is 0 Å². The number of ether oxygens (including phenoxy) is 2.